The Morgan fingerprint density at radius 1 is 0.919 bits per heavy atom. The normalized spacial score (nSPS) is 11.2. The number of methoxy groups -OCH3 is 2. The first kappa shape index (κ1) is 28.2. The SMILES string of the molecule is COc1cc(OC)c(-c2cc3ccccc3[nH]2)cc1C=CC(=O)c1ccc(S(=O)(=O)NC(C)=O)cc1.[Na]. The Balaban J connectivity index is 0.00000380. The van der Waals surface area contributed by atoms with Gasteiger partial charge in [-0.05, 0) is 54.6 Å². The number of ether oxygens (including phenoxy) is 2. The van der Waals surface area contributed by atoms with Gasteiger partial charge in [0.2, 0.25) is 5.91 Å². The van der Waals surface area contributed by atoms with E-state index >= 15 is 0 Å². The van der Waals surface area contributed by atoms with Crippen LogP contribution >= 0.6 is 0 Å². The molecule has 0 aliphatic carbocycles. The van der Waals surface area contributed by atoms with E-state index in [1.54, 1.807) is 19.3 Å². The van der Waals surface area contributed by atoms with Gasteiger partial charge in [0.15, 0.2) is 5.78 Å². The molecule has 0 aliphatic heterocycles. The third-order valence-electron chi connectivity index (χ3n) is 5.51. The molecule has 4 aromatic rings. The molecule has 0 bridgehead atoms. The van der Waals surface area contributed by atoms with Crippen LogP contribution in [0.15, 0.2) is 77.7 Å². The third kappa shape index (κ3) is 6.31. The van der Waals surface area contributed by atoms with Crippen LogP contribution in [0, 0.1) is 0 Å². The van der Waals surface area contributed by atoms with Crippen molar-refractivity contribution in [1.82, 2.24) is 9.71 Å². The minimum atomic E-state index is -3.97. The van der Waals surface area contributed by atoms with Crippen LogP contribution in [0.2, 0.25) is 0 Å². The molecule has 0 atom stereocenters. The summed E-state index contributed by atoms with van der Waals surface area (Å²) in [7, 11) is -0.862. The number of aromatic amines is 1. The molecule has 1 aromatic heterocycles. The Kier molecular flexibility index (Phi) is 8.98. The Morgan fingerprint density at radius 2 is 1.59 bits per heavy atom. The zero-order valence-corrected chi connectivity index (χ0v) is 23.7. The smallest absolute Gasteiger partial charge is 0.264 e. The van der Waals surface area contributed by atoms with Crippen molar-refractivity contribution in [3.63, 3.8) is 0 Å². The van der Waals surface area contributed by atoms with E-state index in [0.29, 0.717) is 17.1 Å². The summed E-state index contributed by atoms with van der Waals surface area (Å²) < 4.78 is 37.2. The number of hydrogen-bond acceptors (Lipinski definition) is 6. The summed E-state index contributed by atoms with van der Waals surface area (Å²) in [5, 5.41) is 1.06. The Labute approximate surface area is 237 Å². The molecule has 0 aliphatic rings. The van der Waals surface area contributed by atoms with Crippen molar-refractivity contribution in [2.24, 2.45) is 0 Å². The van der Waals surface area contributed by atoms with E-state index in [0.717, 1.165) is 29.1 Å². The number of H-pyrrole nitrogens is 1. The molecule has 37 heavy (non-hydrogen) atoms. The number of rotatable bonds is 8. The van der Waals surface area contributed by atoms with Gasteiger partial charge in [0, 0.05) is 70.1 Å². The summed E-state index contributed by atoms with van der Waals surface area (Å²) in [4.78, 5) is 27.2. The number of ketones is 1. The summed E-state index contributed by atoms with van der Waals surface area (Å²) in [5.74, 6) is 0.104. The second-order valence-corrected chi connectivity index (χ2v) is 9.63. The van der Waals surface area contributed by atoms with Gasteiger partial charge in [0.25, 0.3) is 10.0 Å². The Morgan fingerprint density at radius 3 is 2.22 bits per heavy atom. The Hall–Kier alpha value is -3.37. The van der Waals surface area contributed by atoms with Crippen LogP contribution in [0.1, 0.15) is 22.8 Å². The maximum absolute atomic E-state index is 12.8. The molecule has 0 fully saturated rings. The van der Waals surface area contributed by atoms with Crippen LogP contribution < -0.4 is 14.2 Å². The molecule has 1 radical (unpaired) electrons. The fourth-order valence-electron chi connectivity index (χ4n) is 3.79. The molecule has 185 valence electrons. The number of sulfonamides is 1. The number of allylic oxidation sites excluding steroid dienone is 1. The third-order valence-corrected chi connectivity index (χ3v) is 6.96. The van der Waals surface area contributed by atoms with Gasteiger partial charge < -0.3 is 14.5 Å². The zero-order valence-electron chi connectivity index (χ0n) is 20.9. The van der Waals surface area contributed by atoms with E-state index in [4.69, 9.17) is 9.47 Å². The van der Waals surface area contributed by atoms with Gasteiger partial charge in [-0.25, -0.2) is 13.1 Å². The van der Waals surface area contributed by atoms with Crippen molar-refractivity contribution in [3.8, 4) is 22.8 Å². The van der Waals surface area contributed by atoms with E-state index in [2.05, 4.69) is 4.98 Å². The van der Waals surface area contributed by atoms with Crippen LogP contribution in [0.4, 0.5) is 0 Å². The molecular weight excluding hydrogens is 503 g/mol. The van der Waals surface area contributed by atoms with Crippen molar-refractivity contribution >= 4 is 68.2 Å². The van der Waals surface area contributed by atoms with Gasteiger partial charge in [-0.1, -0.05) is 18.2 Å². The molecule has 0 spiro atoms. The number of carbonyl (C=O) groups is 2. The van der Waals surface area contributed by atoms with Crippen molar-refractivity contribution in [2.75, 3.05) is 14.2 Å². The summed E-state index contributed by atoms with van der Waals surface area (Å²) in [6.07, 6.45) is 3.02. The fourth-order valence-corrected chi connectivity index (χ4v) is 4.78. The quantitative estimate of drug-likeness (QED) is 0.202. The van der Waals surface area contributed by atoms with Crippen LogP contribution in [-0.2, 0) is 14.8 Å². The number of fused-ring (bicyclic) bond motifs is 1. The largest absolute Gasteiger partial charge is 0.496 e. The number of aromatic nitrogens is 1. The zero-order chi connectivity index (χ0) is 25.9. The molecule has 0 unspecified atom stereocenters. The standard InChI is InChI=1S/C27H24N2O6S.Na/c1-17(30)29-36(32,33)21-11-8-18(9-12-21)25(31)13-10-20-14-22(27(35-3)16-26(20)34-2)24-15-19-6-4-5-7-23(19)28-24;/h4-16,28H,1-3H3,(H,29,30);. The van der Waals surface area contributed by atoms with Crippen molar-refractivity contribution in [1.29, 1.82) is 0 Å². The molecule has 2 N–H and O–H groups in total. The van der Waals surface area contributed by atoms with E-state index in [1.165, 1.54) is 37.5 Å². The topological polar surface area (TPSA) is 115 Å². The van der Waals surface area contributed by atoms with Gasteiger partial charge >= 0.3 is 0 Å². The maximum Gasteiger partial charge on any atom is 0.264 e. The van der Waals surface area contributed by atoms with Gasteiger partial charge in [0.05, 0.1) is 24.8 Å². The maximum atomic E-state index is 12.8. The van der Waals surface area contributed by atoms with Crippen molar-refractivity contribution < 1.29 is 27.5 Å². The summed E-state index contributed by atoms with van der Waals surface area (Å²) >= 11 is 0. The molecule has 8 nitrogen and oxygen atoms in total. The van der Waals surface area contributed by atoms with E-state index in [-0.39, 0.29) is 45.8 Å². The molecule has 3 aromatic carbocycles. The van der Waals surface area contributed by atoms with Gasteiger partial charge in [-0.3, -0.25) is 9.59 Å². The van der Waals surface area contributed by atoms with Gasteiger partial charge in [0.1, 0.15) is 11.5 Å². The predicted molar refractivity (Wildman–Crippen MR) is 143 cm³/mol. The van der Waals surface area contributed by atoms with Crippen LogP contribution in [-0.4, -0.2) is 68.9 Å². The monoisotopic (exact) mass is 527 g/mol. The van der Waals surface area contributed by atoms with Crippen molar-refractivity contribution in [3.05, 3.63) is 83.9 Å². The van der Waals surface area contributed by atoms with Gasteiger partial charge in [-0.15, -0.1) is 0 Å². The number of nitrogens with one attached hydrogen (secondary N) is 2. The number of amides is 1. The molecular formula is C27H24N2NaO6S. The summed E-state index contributed by atoms with van der Waals surface area (Å²) in [6.45, 7) is 1.11. The first-order valence-corrected chi connectivity index (χ1v) is 12.4. The first-order chi connectivity index (χ1) is 17.2. The second-order valence-electron chi connectivity index (χ2n) is 7.95. The molecule has 1 heterocycles. The number of hydrogen-bond donors (Lipinski definition) is 2. The molecule has 1 amide bonds. The van der Waals surface area contributed by atoms with E-state index < -0.39 is 15.9 Å². The summed E-state index contributed by atoms with van der Waals surface area (Å²) in [5.41, 5.74) is 3.59. The van der Waals surface area contributed by atoms with Crippen molar-refractivity contribution in [2.45, 2.75) is 11.8 Å². The number of benzene rings is 3. The van der Waals surface area contributed by atoms with E-state index in [9.17, 15) is 18.0 Å². The Bertz CT molecular complexity index is 1560. The number of para-hydroxylation sites is 1. The predicted octanol–water partition coefficient (Wildman–Crippen LogP) is 4.19. The molecule has 10 heteroatoms. The average Bonchev–Trinajstić information content (AvgIpc) is 3.30. The van der Waals surface area contributed by atoms with Gasteiger partial charge in [-0.2, -0.15) is 0 Å². The van der Waals surface area contributed by atoms with Crippen LogP contribution in [0.3, 0.4) is 0 Å². The molecule has 0 saturated heterocycles. The summed E-state index contributed by atoms with van der Waals surface area (Å²) in [6, 6.07) is 18.9. The minimum absolute atomic E-state index is 0. The second kappa shape index (κ2) is 11.8. The van der Waals surface area contributed by atoms with Crippen LogP contribution in [0.5, 0.6) is 11.5 Å². The van der Waals surface area contributed by atoms with E-state index in [1.807, 2.05) is 41.1 Å². The number of carbonyl (C=O) groups excluding carboxylic acids is 2. The average molecular weight is 528 g/mol. The fraction of sp³-hybridized carbons (Fsp3) is 0.111. The first-order valence-electron chi connectivity index (χ1n) is 10.9. The minimum Gasteiger partial charge on any atom is -0.496 e. The molecule has 4 rings (SSSR count). The van der Waals surface area contributed by atoms with Crippen LogP contribution in [0.25, 0.3) is 28.2 Å². The molecule has 0 saturated carbocycles.